The average Bonchev–Trinajstić information content (AvgIpc) is 2.27. The topological polar surface area (TPSA) is 33.7 Å². The van der Waals surface area contributed by atoms with Gasteiger partial charge in [-0.05, 0) is 12.3 Å². The molecule has 4 heteroatoms. The Bertz CT molecular complexity index is 228. The molecule has 1 aliphatic rings. The van der Waals surface area contributed by atoms with Crippen molar-refractivity contribution in [2.75, 3.05) is 46.6 Å². The molecule has 0 amide bonds. The third-order valence-corrected chi connectivity index (χ3v) is 3.56. The van der Waals surface area contributed by atoms with Gasteiger partial charge < -0.3 is 14.8 Å². The lowest BCUT2D eigenvalue weighted by molar-refractivity contribution is 0.0153. The molecule has 2 atom stereocenters. The Morgan fingerprint density at radius 3 is 2.56 bits per heavy atom. The first-order chi connectivity index (χ1) is 8.45. The Hall–Kier alpha value is -0.160. The minimum absolute atomic E-state index is 0.305. The summed E-state index contributed by atoms with van der Waals surface area (Å²) in [5.41, 5.74) is 0.305. The second-order valence-electron chi connectivity index (χ2n) is 6.29. The number of piperazine rings is 1. The molecular formula is C14H30N2O2. The summed E-state index contributed by atoms with van der Waals surface area (Å²) in [7, 11) is 1.71. The summed E-state index contributed by atoms with van der Waals surface area (Å²) >= 11 is 0. The lowest BCUT2D eigenvalue weighted by atomic mass is 9.84. The van der Waals surface area contributed by atoms with Crippen LogP contribution >= 0.6 is 0 Å². The molecule has 0 saturated carbocycles. The van der Waals surface area contributed by atoms with Crippen LogP contribution in [0.5, 0.6) is 0 Å². The van der Waals surface area contributed by atoms with E-state index in [-0.39, 0.29) is 0 Å². The molecule has 1 heterocycles. The van der Waals surface area contributed by atoms with E-state index in [9.17, 15) is 0 Å². The first kappa shape index (κ1) is 15.9. The average molecular weight is 258 g/mol. The van der Waals surface area contributed by atoms with Gasteiger partial charge in [0.15, 0.2) is 0 Å². The van der Waals surface area contributed by atoms with Crippen molar-refractivity contribution in [3.05, 3.63) is 0 Å². The second kappa shape index (κ2) is 7.43. The molecule has 1 fully saturated rings. The van der Waals surface area contributed by atoms with Gasteiger partial charge in [0.2, 0.25) is 0 Å². The van der Waals surface area contributed by atoms with Crippen LogP contribution in [-0.2, 0) is 9.47 Å². The highest BCUT2D eigenvalue weighted by molar-refractivity contribution is 4.91. The molecule has 0 spiro atoms. The van der Waals surface area contributed by atoms with E-state index in [1.165, 1.54) is 0 Å². The Balaban J connectivity index is 2.37. The molecule has 0 radical (unpaired) electrons. The van der Waals surface area contributed by atoms with Crippen LogP contribution in [0.1, 0.15) is 27.7 Å². The first-order valence-electron chi connectivity index (χ1n) is 6.99. The Morgan fingerprint density at radius 2 is 1.94 bits per heavy atom. The van der Waals surface area contributed by atoms with Gasteiger partial charge in [0.1, 0.15) is 0 Å². The number of hydrogen-bond acceptors (Lipinski definition) is 4. The van der Waals surface area contributed by atoms with Crippen LogP contribution in [0, 0.1) is 5.41 Å². The van der Waals surface area contributed by atoms with Gasteiger partial charge in [0.25, 0.3) is 0 Å². The second-order valence-corrected chi connectivity index (χ2v) is 6.29. The zero-order valence-corrected chi connectivity index (χ0v) is 12.7. The zero-order valence-electron chi connectivity index (χ0n) is 12.7. The van der Waals surface area contributed by atoms with Gasteiger partial charge in [0.05, 0.1) is 19.8 Å². The van der Waals surface area contributed by atoms with Crippen LogP contribution in [0.25, 0.3) is 0 Å². The van der Waals surface area contributed by atoms with Crippen LogP contribution < -0.4 is 5.32 Å². The lowest BCUT2D eigenvalue weighted by Crippen LogP contribution is -2.60. The van der Waals surface area contributed by atoms with Crippen LogP contribution in [-0.4, -0.2) is 63.5 Å². The summed E-state index contributed by atoms with van der Waals surface area (Å²) in [5.74, 6) is 0. The first-order valence-corrected chi connectivity index (χ1v) is 6.99. The minimum atomic E-state index is 0.305. The van der Waals surface area contributed by atoms with Gasteiger partial charge in [-0.1, -0.05) is 20.8 Å². The van der Waals surface area contributed by atoms with E-state index in [1.54, 1.807) is 7.11 Å². The number of hydrogen-bond donors (Lipinski definition) is 1. The molecule has 1 saturated heterocycles. The van der Waals surface area contributed by atoms with E-state index in [2.05, 4.69) is 37.9 Å². The van der Waals surface area contributed by atoms with Crippen molar-refractivity contribution >= 4 is 0 Å². The van der Waals surface area contributed by atoms with Gasteiger partial charge in [-0.3, -0.25) is 4.90 Å². The van der Waals surface area contributed by atoms with E-state index in [0.29, 0.717) is 30.7 Å². The van der Waals surface area contributed by atoms with Crippen molar-refractivity contribution in [3.8, 4) is 0 Å². The SMILES string of the molecule is COCCOCCN1CC(C)NCC1C(C)(C)C. The van der Waals surface area contributed by atoms with E-state index >= 15 is 0 Å². The summed E-state index contributed by atoms with van der Waals surface area (Å²) in [6.45, 7) is 14.5. The highest BCUT2D eigenvalue weighted by atomic mass is 16.5. The van der Waals surface area contributed by atoms with Gasteiger partial charge in [-0.2, -0.15) is 0 Å². The monoisotopic (exact) mass is 258 g/mol. The molecule has 0 aromatic rings. The maximum atomic E-state index is 5.59. The van der Waals surface area contributed by atoms with Gasteiger partial charge in [0, 0.05) is 38.8 Å². The van der Waals surface area contributed by atoms with Gasteiger partial charge in [-0.25, -0.2) is 0 Å². The summed E-state index contributed by atoms with van der Waals surface area (Å²) in [6.07, 6.45) is 0. The molecule has 0 aromatic heterocycles. The largest absolute Gasteiger partial charge is 0.382 e. The third kappa shape index (κ3) is 5.22. The van der Waals surface area contributed by atoms with Crippen LogP contribution in [0.15, 0.2) is 0 Å². The highest BCUT2D eigenvalue weighted by Gasteiger charge is 2.33. The maximum absolute atomic E-state index is 5.59. The number of ether oxygens (including phenoxy) is 2. The lowest BCUT2D eigenvalue weighted by Gasteiger charge is -2.45. The smallest absolute Gasteiger partial charge is 0.0700 e. The molecule has 0 bridgehead atoms. The van der Waals surface area contributed by atoms with Crippen molar-refractivity contribution in [1.29, 1.82) is 0 Å². The van der Waals surface area contributed by atoms with E-state index < -0.39 is 0 Å². The molecule has 1 N–H and O–H groups in total. The van der Waals surface area contributed by atoms with E-state index in [0.717, 1.165) is 26.2 Å². The van der Waals surface area contributed by atoms with E-state index in [4.69, 9.17) is 9.47 Å². The maximum Gasteiger partial charge on any atom is 0.0700 e. The summed E-state index contributed by atoms with van der Waals surface area (Å²) in [4.78, 5) is 2.56. The molecule has 0 aliphatic carbocycles. The predicted octanol–water partition coefficient (Wildman–Crippen LogP) is 1.36. The number of rotatable bonds is 6. The third-order valence-electron chi connectivity index (χ3n) is 3.56. The molecule has 18 heavy (non-hydrogen) atoms. The highest BCUT2D eigenvalue weighted by Crippen LogP contribution is 2.26. The molecule has 1 rings (SSSR count). The van der Waals surface area contributed by atoms with Crippen molar-refractivity contribution in [2.24, 2.45) is 5.41 Å². The summed E-state index contributed by atoms with van der Waals surface area (Å²) in [6, 6.07) is 1.15. The Labute approximate surface area is 112 Å². The Morgan fingerprint density at radius 1 is 1.22 bits per heavy atom. The minimum Gasteiger partial charge on any atom is -0.382 e. The van der Waals surface area contributed by atoms with Crippen molar-refractivity contribution in [2.45, 2.75) is 39.8 Å². The van der Waals surface area contributed by atoms with Crippen LogP contribution in [0.3, 0.4) is 0 Å². The fourth-order valence-corrected chi connectivity index (χ4v) is 2.51. The standard InChI is InChI=1S/C14H30N2O2/c1-12-11-16(6-7-18-9-8-17-5)13(10-15-12)14(2,3)4/h12-13,15H,6-11H2,1-5H3. The number of nitrogens with zero attached hydrogens (tertiary/aromatic N) is 1. The number of methoxy groups -OCH3 is 1. The van der Waals surface area contributed by atoms with Crippen molar-refractivity contribution in [1.82, 2.24) is 10.2 Å². The predicted molar refractivity (Wildman–Crippen MR) is 75.0 cm³/mol. The van der Waals surface area contributed by atoms with Crippen LogP contribution in [0.2, 0.25) is 0 Å². The van der Waals surface area contributed by atoms with Gasteiger partial charge in [-0.15, -0.1) is 0 Å². The van der Waals surface area contributed by atoms with Gasteiger partial charge >= 0.3 is 0 Å². The Kier molecular flexibility index (Phi) is 6.57. The normalized spacial score (nSPS) is 26.5. The zero-order chi connectivity index (χ0) is 13.6. The molecule has 4 nitrogen and oxygen atoms in total. The number of nitrogens with one attached hydrogen (secondary N) is 1. The summed E-state index contributed by atoms with van der Waals surface area (Å²) < 4.78 is 10.6. The van der Waals surface area contributed by atoms with Crippen LogP contribution in [0.4, 0.5) is 0 Å². The molecule has 108 valence electrons. The molecule has 2 unspecified atom stereocenters. The fraction of sp³-hybridized carbons (Fsp3) is 1.00. The van der Waals surface area contributed by atoms with Crippen molar-refractivity contribution in [3.63, 3.8) is 0 Å². The van der Waals surface area contributed by atoms with E-state index in [1.807, 2.05) is 0 Å². The molecular weight excluding hydrogens is 228 g/mol. The quantitative estimate of drug-likeness (QED) is 0.729. The fourth-order valence-electron chi connectivity index (χ4n) is 2.51. The summed E-state index contributed by atoms with van der Waals surface area (Å²) in [5, 5.41) is 3.58. The molecule has 0 aromatic carbocycles. The molecule has 1 aliphatic heterocycles. The van der Waals surface area contributed by atoms with Crippen molar-refractivity contribution < 1.29 is 9.47 Å².